The van der Waals surface area contributed by atoms with Crippen molar-refractivity contribution in [1.82, 2.24) is 5.27 Å². The first kappa shape index (κ1) is 19.4. The van der Waals surface area contributed by atoms with Crippen LogP contribution in [-0.2, 0) is 0 Å². The van der Waals surface area contributed by atoms with Gasteiger partial charge in [-0.1, -0.05) is 79.3 Å². The number of carbonyl (C=O) groups is 1. The molecule has 26 heavy (non-hydrogen) atoms. The summed E-state index contributed by atoms with van der Waals surface area (Å²) >= 11 is 19.2. The number of ketones is 1. The smallest absolute Gasteiger partial charge is 0.286 e. The van der Waals surface area contributed by atoms with Gasteiger partial charge in [0.15, 0.2) is 0 Å². The summed E-state index contributed by atoms with van der Waals surface area (Å²) in [6, 6.07) is 13.9. The number of aromatic nitrogens is 2. The molecular formula is C17H11Br2Cl2N2O3+. The minimum Gasteiger partial charge on any atom is -0.286 e. The molecule has 5 nitrogen and oxygen atoms in total. The number of Topliss-reactive ketones (excluding diaryl/α,β-unsaturated/α-hetero) is 1. The first-order chi connectivity index (χ1) is 12.4. The van der Waals surface area contributed by atoms with Crippen LogP contribution in [0.1, 0.15) is 20.9 Å². The molecule has 134 valence electrons. The van der Waals surface area contributed by atoms with Crippen LogP contribution < -0.4 is 10.3 Å². The number of nitrogens with one attached hydrogen (secondary N) is 1. The molecule has 9 heteroatoms. The Morgan fingerprint density at radius 3 is 2.27 bits per heavy atom. The lowest BCUT2D eigenvalue weighted by Gasteiger charge is -2.17. The lowest BCUT2D eigenvalue weighted by Crippen LogP contribution is -2.43. The van der Waals surface area contributed by atoms with E-state index < -0.39 is 21.1 Å². The number of benzene rings is 2. The van der Waals surface area contributed by atoms with Crippen LogP contribution in [0.25, 0.3) is 5.69 Å². The van der Waals surface area contributed by atoms with Gasteiger partial charge in [-0.2, -0.15) is 0 Å². The Morgan fingerprint density at radius 2 is 1.65 bits per heavy atom. The fraction of sp³-hybridized carbons (Fsp3) is 0.118. The van der Waals surface area contributed by atoms with Gasteiger partial charge in [-0.05, 0) is 22.1 Å². The zero-order valence-corrected chi connectivity index (χ0v) is 17.6. The van der Waals surface area contributed by atoms with Gasteiger partial charge in [-0.3, -0.25) is 9.32 Å². The highest BCUT2D eigenvalue weighted by Gasteiger charge is 2.39. The standard InChI is InChI=1S/C17H10Br2Cl2N2O3/c18-13(12-10(20)7-4-8-11(12)21)14(19)16(24)15-17(25)26-22-23(15)9-5-2-1-3-6-9/h1-8,13-14H/p+1. The van der Waals surface area contributed by atoms with E-state index in [4.69, 9.17) is 27.7 Å². The first-order valence-corrected chi connectivity index (χ1v) is 9.95. The van der Waals surface area contributed by atoms with E-state index in [0.29, 0.717) is 21.3 Å². The van der Waals surface area contributed by atoms with Crippen molar-refractivity contribution >= 4 is 60.8 Å². The molecule has 3 rings (SSSR count). The van der Waals surface area contributed by atoms with Gasteiger partial charge in [0.1, 0.15) is 4.83 Å². The SMILES string of the molecule is O=C(c1c(=O)o[nH][n+]1-c1ccccc1)C(Br)C(Br)c1c(Cl)cccc1Cl. The van der Waals surface area contributed by atoms with Gasteiger partial charge in [0.05, 0.1) is 4.83 Å². The number of halogens is 4. The third-order valence-corrected chi connectivity index (χ3v) is 6.98. The topological polar surface area (TPSA) is 67.0 Å². The van der Waals surface area contributed by atoms with Crippen molar-refractivity contribution in [3.8, 4) is 5.69 Å². The lowest BCUT2D eigenvalue weighted by atomic mass is 10.1. The van der Waals surface area contributed by atoms with Crippen molar-refractivity contribution in [2.45, 2.75) is 9.65 Å². The zero-order chi connectivity index (χ0) is 18.8. The molecule has 1 heterocycles. The van der Waals surface area contributed by atoms with Gasteiger partial charge < -0.3 is 0 Å². The van der Waals surface area contributed by atoms with Crippen molar-refractivity contribution in [1.29, 1.82) is 0 Å². The average molecular weight is 522 g/mol. The summed E-state index contributed by atoms with van der Waals surface area (Å²) in [6.45, 7) is 0. The summed E-state index contributed by atoms with van der Waals surface area (Å²) in [5, 5.41) is 3.27. The van der Waals surface area contributed by atoms with E-state index >= 15 is 0 Å². The molecule has 0 aliphatic rings. The van der Waals surface area contributed by atoms with Crippen LogP contribution in [-0.4, -0.2) is 15.9 Å². The molecule has 2 unspecified atom stereocenters. The molecule has 2 atom stereocenters. The number of alkyl halides is 2. The van der Waals surface area contributed by atoms with Crippen LogP contribution in [0.2, 0.25) is 10.0 Å². The minimum atomic E-state index is -0.812. The van der Waals surface area contributed by atoms with Crippen LogP contribution in [0.3, 0.4) is 0 Å². The molecule has 1 N–H and O–H groups in total. The van der Waals surface area contributed by atoms with Gasteiger partial charge in [0, 0.05) is 27.7 Å². The average Bonchev–Trinajstić information content (AvgIpc) is 3.02. The third-order valence-electron chi connectivity index (χ3n) is 3.68. The molecule has 0 aliphatic heterocycles. The van der Waals surface area contributed by atoms with Crippen molar-refractivity contribution in [3.63, 3.8) is 0 Å². The number of hydrogen-bond donors (Lipinski definition) is 1. The summed E-state index contributed by atoms with van der Waals surface area (Å²) in [6.07, 6.45) is 0. The van der Waals surface area contributed by atoms with E-state index in [-0.39, 0.29) is 5.69 Å². The first-order valence-electron chi connectivity index (χ1n) is 7.37. The zero-order valence-electron chi connectivity index (χ0n) is 13.0. The van der Waals surface area contributed by atoms with Crippen molar-refractivity contribution < 1.29 is 14.0 Å². The van der Waals surface area contributed by atoms with E-state index in [0.717, 1.165) is 0 Å². The molecule has 0 fully saturated rings. The maximum atomic E-state index is 13.0. The van der Waals surface area contributed by atoms with Crippen molar-refractivity contribution in [3.05, 3.63) is 80.3 Å². The molecule has 2 aromatic carbocycles. The third kappa shape index (κ3) is 3.67. The fourth-order valence-electron chi connectivity index (χ4n) is 2.43. The van der Waals surface area contributed by atoms with E-state index in [2.05, 4.69) is 37.1 Å². The Labute approximate surface area is 175 Å². The van der Waals surface area contributed by atoms with Gasteiger partial charge in [-0.15, -0.1) is 0 Å². The van der Waals surface area contributed by atoms with Crippen LogP contribution in [0.15, 0.2) is 57.8 Å². The molecule has 0 amide bonds. The number of rotatable bonds is 5. The second-order valence-electron chi connectivity index (χ2n) is 5.30. The van der Waals surface area contributed by atoms with E-state index in [1.807, 2.05) is 6.07 Å². The maximum absolute atomic E-state index is 13.0. The van der Waals surface area contributed by atoms with Crippen LogP contribution in [0.4, 0.5) is 0 Å². The van der Waals surface area contributed by atoms with Crippen molar-refractivity contribution in [2.75, 3.05) is 0 Å². The summed E-state index contributed by atoms with van der Waals surface area (Å²) in [4.78, 5) is 23.7. The quantitative estimate of drug-likeness (QED) is 0.302. The van der Waals surface area contributed by atoms with E-state index in [1.54, 1.807) is 42.5 Å². The molecule has 3 aromatic rings. The van der Waals surface area contributed by atoms with Gasteiger partial charge >= 0.3 is 11.3 Å². The Bertz CT molecular complexity index is 984. The predicted molar refractivity (Wildman–Crippen MR) is 106 cm³/mol. The Morgan fingerprint density at radius 1 is 1.04 bits per heavy atom. The second-order valence-corrected chi connectivity index (χ2v) is 8.09. The highest BCUT2D eigenvalue weighted by molar-refractivity contribution is 9.12. The van der Waals surface area contributed by atoms with Gasteiger partial charge in [-0.25, -0.2) is 4.79 Å². The molecule has 0 radical (unpaired) electrons. The fourth-order valence-corrected chi connectivity index (χ4v) is 4.54. The summed E-state index contributed by atoms with van der Waals surface area (Å²) < 4.78 is 6.13. The molecule has 0 saturated carbocycles. The molecule has 0 aliphatic carbocycles. The number of carbonyl (C=O) groups excluding carboxylic acids is 1. The Balaban J connectivity index is 2.00. The van der Waals surface area contributed by atoms with E-state index in [1.165, 1.54) is 4.68 Å². The number of H-pyrrole nitrogens is 1. The van der Waals surface area contributed by atoms with Crippen LogP contribution >= 0.6 is 55.1 Å². The summed E-state index contributed by atoms with van der Waals surface area (Å²) in [5.74, 6) is -0.485. The predicted octanol–water partition coefficient (Wildman–Crippen LogP) is 4.63. The largest absolute Gasteiger partial charge is 0.438 e. The highest BCUT2D eigenvalue weighted by atomic mass is 79.9. The Hall–Kier alpha value is -1.41. The molecular weight excluding hydrogens is 511 g/mol. The summed E-state index contributed by atoms with van der Waals surface area (Å²) in [5.41, 5.74) is 0.222. The maximum Gasteiger partial charge on any atom is 0.438 e. The Kier molecular flexibility index (Phi) is 6.02. The normalized spacial score (nSPS) is 13.4. The second kappa shape index (κ2) is 8.08. The minimum absolute atomic E-state index is 0.147. The number of nitrogens with zero attached hydrogens (tertiary/aromatic N) is 1. The van der Waals surface area contributed by atoms with Crippen LogP contribution in [0, 0.1) is 0 Å². The monoisotopic (exact) mass is 519 g/mol. The molecule has 1 aromatic heterocycles. The number of hydrogen-bond acceptors (Lipinski definition) is 3. The molecule has 0 saturated heterocycles. The van der Waals surface area contributed by atoms with Gasteiger partial charge in [0.2, 0.25) is 5.69 Å². The highest BCUT2D eigenvalue weighted by Crippen LogP contribution is 2.40. The number of para-hydroxylation sites is 1. The summed E-state index contributed by atoms with van der Waals surface area (Å²) in [7, 11) is 0. The van der Waals surface area contributed by atoms with E-state index in [9.17, 15) is 9.59 Å². The van der Waals surface area contributed by atoms with Crippen molar-refractivity contribution in [2.24, 2.45) is 0 Å². The molecule has 0 spiro atoms. The molecule has 0 bridgehead atoms. The van der Waals surface area contributed by atoms with Gasteiger partial charge in [0.25, 0.3) is 5.78 Å². The van der Waals surface area contributed by atoms with Crippen LogP contribution in [0.5, 0.6) is 0 Å². The lowest BCUT2D eigenvalue weighted by molar-refractivity contribution is -0.672. The number of aromatic amines is 1.